The maximum atomic E-state index is 12.9. The molecule has 1 heterocycles. The minimum absolute atomic E-state index is 0.115. The molecule has 1 aromatic heterocycles. The summed E-state index contributed by atoms with van der Waals surface area (Å²) in [6.07, 6.45) is 4.55. The molecule has 0 radical (unpaired) electrons. The van der Waals surface area contributed by atoms with E-state index in [-0.39, 0.29) is 17.4 Å². The number of aromatic carboxylic acids is 1. The first-order valence-electron chi connectivity index (χ1n) is 5.73. The monoisotopic (exact) mass is 238 g/mol. The molecular formula is C12H15FN2O2. The van der Waals surface area contributed by atoms with E-state index in [1.165, 1.54) is 6.42 Å². The number of carbonyl (C=O) groups is 1. The van der Waals surface area contributed by atoms with E-state index in [0.29, 0.717) is 5.92 Å². The molecule has 2 N–H and O–H groups in total. The fraction of sp³-hybridized carbons (Fsp3) is 0.500. The molecule has 92 valence electrons. The van der Waals surface area contributed by atoms with E-state index in [0.717, 1.165) is 25.1 Å². The van der Waals surface area contributed by atoms with Crippen molar-refractivity contribution in [1.29, 1.82) is 0 Å². The van der Waals surface area contributed by atoms with Gasteiger partial charge in [-0.25, -0.2) is 14.2 Å². The van der Waals surface area contributed by atoms with E-state index in [1.54, 1.807) is 0 Å². The number of nitrogens with one attached hydrogen (secondary N) is 1. The summed E-state index contributed by atoms with van der Waals surface area (Å²) in [5, 5.41) is 12.0. The lowest BCUT2D eigenvalue weighted by Gasteiger charge is -2.32. The number of nitrogens with zero attached hydrogens (tertiary/aromatic N) is 1. The normalized spacial score (nSPS) is 17.3. The molecule has 1 aliphatic rings. The Morgan fingerprint density at radius 3 is 2.88 bits per heavy atom. The zero-order valence-corrected chi connectivity index (χ0v) is 9.61. The van der Waals surface area contributed by atoms with Crippen molar-refractivity contribution in [3.63, 3.8) is 0 Å². The summed E-state index contributed by atoms with van der Waals surface area (Å²) in [7, 11) is 0. The van der Waals surface area contributed by atoms with Crippen molar-refractivity contribution in [1.82, 2.24) is 4.98 Å². The highest BCUT2D eigenvalue weighted by Crippen LogP contribution is 2.31. The average Bonchev–Trinajstić information content (AvgIpc) is 2.17. The molecule has 17 heavy (non-hydrogen) atoms. The zero-order chi connectivity index (χ0) is 12.4. The molecule has 0 aromatic carbocycles. The molecule has 5 heteroatoms. The van der Waals surface area contributed by atoms with Crippen LogP contribution in [0.4, 0.5) is 10.2 Å². The Morgan fingerprint density at radius 1 is 1.65 bits per heavy atom. The number of carboxylic acids is 1. The van der Waals surface area contributed by atoms with Crippen LogP contribution in [0.5, 0.6) is 0 Å². The Bertz CT molecular complexity index is 433. The molecule has 1 saturated carbocycles. The van der Waals surface area contributed by atoms with Gasteiger partial charge in [-0.3, -0.25) is 0 Å². The van der Waals surface area contributed by atoms with Crippen LogP contribution in [0.3, 0.4) is 0 Å². The summed E-state index contributed by atoms with van der Waals surface area (Å²) >= 11 is 0. The molecule has 0 aliphatic heterocycles. The van der Waals surface area contributed by atoms with Crippen LogP contribution in [0.2, 0.25) is 0 Å². The average molecular weight is 238 g/mol. The van der Waals surface area contributed by atoms with Gasteiger partial charge in [0, 0.05) is 6.04 Å². The molecule has 1 atom stereocenters. The van der Waals surface area contributed by atoms with Gasteiger partial charge >= 0.3 is 5.97 Å². The van der Waals surface area contributed by atoms with E-state index >= 15 is 0 Å². The van der Waals surface area contributed by atoms with Crippen molar-refractivity contribution in [3.8, 4) is 0 Å². The first-order valence-corrected chi connectivity index (χ1v) is 5.73. The third kappa shape index (κ3) is 2.54. The highest BCUT2D eigenvalue weighted by Gasteiger charge is 2.25. The Labute approximate surface area is 98.9 Å². The van der Waals surface area contributed by atoms with E-state index in [9.17, 15) is 9.18 Å². The molecule has 0 spiro atoms. The second kappa shape index (κ2) is 4.69. The second-order valence-electron chi connectivity index (χ2n) is 4.48. The molecule has 0 amide bonds. The van der Waals surface area contributed by atoms with Crippen LogP contribution >= 0.6 is 0 Å². The number of rotatable bonds is 4. The molecule has 2 rings (SSSR count). The Morgan fingerprint density at radius 2 is 2.35 bits per heavy atom. The van der Waals surface area contributed by atoms with Crippen LogP contribution in [0, 0.1) is 11.7 Å². The topological polar surface area (TPSA) is 62.2 Å². The molecule has 1 aliphatic carbocycles. The van der Waals surface area contributed by atoms with Gasteiger partial charge in [-0.1, -0.05) is 6.42 Å². The van der Waals surface area contributed by atoms with E-state index in [1.807, 2.05) is 6.92 Å². The lowest BCUT2D eigenvalue weighted by molar-refractivity contribution is 0.0697. The smallest absolute Gasteiger partial charge is 0.339 e. The number of pyridine rings is 1. The van der Waals surface area contributed by atoms with Crippen molar-refractivity contribution >= 4 is 11.8 Å². The van der Waals surface area contributed by atoms with Crippen LogP contribution in [-0.4, -0.2) is 22.1 Å². The van der Waals surface area contributed by atoms with Gasteiger partial charge < -0.3 is 10.4 Å². The lowest BCUT2D eigenvalue weighted by Crippen LogP contribution is -2.31. The summed E-state index contributed by atoms with van der Waals surface area (Å²) in [6, 6.07) is 1.16. The molecule has 0 saturated heterocycles. The molecule has 1 aromatic rings. The van der Waals surface area contributed by atoms with Crippen molar-refractivity contribution in [2.75, 3.05) is 5.32 Å². The standard InChI is InChI=1S/C12H15FN2O2/c1-7(8-3-2-4-8)15-11-10(12(16)17)5-9(13)6-14-11/h5-8H,2-4H2,1H3,(H,14,15)(H,16,17). The minimum atomic E-state index is -1.17. The van der Waals surface area contributed by atoms with Crippen molar-refractivity contribution in [2.24, 2.45) is 5.92 Å². The summed E-state index contributed by atoms with van der Waals surface area (Å²) in [5.41, 5.74) is -0.115. The van der Waals surface area contributed by atoms with Gasteiger partial charge in [0.1, 0.15) is 17.2 Å². The predicted molar refractivity (Wildman–Crippen MR) is 61.6 cm³/mol. The van der Waals surface area contributed by atoms with E-state index in [4.69, 9.17) is 5.11 Å². The summed E-state index contributed by atoms with van der Waals surface area (Å²) in [4.78, 5) is 14.8. The molecule has 4 nitrogen and oxygen atoms in total. The fourth-order valence-electron chi connectivity index (χ4n) is 1.99. The van der Waals surface area contributed by atoms with Gasteiger partial charge in [0.25, 0.3) is 0 Å². The number of hydrogen-bond acceptors (Lipinski definition) is 3. The molecular weight excluding hydrogens is 223 g/mol. The Kier molecular flexibility index (Phi) is 3.26. The first-order chi connectivity index (χ1) is 8.08. The predicted octanol–water partition coefficient (Wildman–Crippen LogP) is 2.52. The van der Waals surface area contributed by atoms with Crippen LogP contribution in [0.25, 0.3) is 0 Å². The highest BCUT2D eigenvalue weighted by molar-refractivity contribution is 5.93. The van der Waals surface area contributed by atoms with Crippen molar-refractivity contribution in [3.05, 3.63) is 23.6 Å². The van der Waals surface area contributed by atoms with Gasteiger partial charge in [-0.2, -0.15) is 0 Å². The lowest BCUT2D eigenvalue weighted by atomic mass is 9.80. The number of halogens is 1. The second-order valence-corrected chi connectivity index (χ2v) is 4.48. The van der Waals surface area contributed by atoms with Crippen molar-refractivity contribution in [2.45, 2.75) is 32.2 Å². The molecule has 1 fully saturated rings. The largest absolute Gasteiger partial charge is 0.478 e. The third-order valence-corrected chi connectivity index (χ3v) is 3.31. The van der Waals surface area contributed by atoms with Gasteiger partial charge in [0.15, 0.2) is 0 Å². The van der Waals surface area contributed by atoms with E-state index in [2.05, 4.69) is 10.3 Å². The van der Waals surface area contributed by atoms with E-state index < -0.39 is 11.8 Å². The van der Waals surface area contributed by atoms with Crippen LogP contribution in [0.1, 0.15) is 36.5 Å². The Hall–Kier alpha value is -1.65. The maximum absolute atomic E-state index is 12.9. The third-order valence-electron chi connectivity index (χ3n) is 3.31. The van der Waals surface area contributed by atoms with Crippen LogP contribution in [0.15, 0.2) is 12.3 Å². The number of hydrogen-bond donors (Lipinski definition) is 2. The van der Waals surface area contributed by atoms with Gasteiger partial charge in [-0.05, 0) is 31.7 Å². The summed E-state index contributed by atoms with van der Waals surface area (Å²) in [6.45, 7) is 2.00. The number of anilines is 1. The van der Waals surface area contributed by atoms with Crippen LogP contribution < -0.4 is 5.32 Å². The van der Waals surface area contributed by atoms with Gasteiger partial charge in [0.2, 0.25) is 0 Å². The fourth-order valence-corrected chi connectivity index (χ4v) is 1.99. The van der Waals surface area contributed by atoms with Gasteiger partial charge in [-0.15, -0.1) is 0 Å². The SMILES string of the molecule is CC(Nc1ncc(F)cc1C(=O)O)C1CCC1. The van der Waals surface area contributed by atoms with Gasteiger partial charge in [0.05, 0.1) is 6.20 Å². The summed E-state index contributed by atoms with van der Waals surface area (Å²) < 4.78 is 12.9. The van der Waals surface area contributed by atoms with Crippen LogP contribution in [-0.2, 0) is 0 Å². The summed E-state index contributed by atoms with van der Waals surface area (Å²) in [5.74, 6) is -0.994. The zero-order valence-electron chi connectivity index (χ0n) is 9.61. The first kappa shape index (κ1) is 11.8. The highest BCUT2D eigenvalue weighted by atomic mass is 19.1. The maximum Gasteiger partial charge on any atom is 0.339 e. The minimum Gasteiger partial charge on any atom is -0.478 e. The quantitative estimate of drug-likeness (QED) is 0.846. The van der Waals surface area contributed by atoms with Crippen molar-refractivity contribution < 1.29 is 14.3 Å². The molecule has 1 unspecified atom stereocenters. The number of aromatic nitrogens is 1. The Balaban J connectivity index is 2.16. The number of carboxylic acid groups (broad SMARTS) is 1. The molecule has 0 bridgehead atoms.